The minimum Gasteiger partial charge on any atom is -0.496 e. The summed E-state index contributed by atoms with van der Waals surface area (Å²) in [6.45, 7) is 0. The van der Waals surface area contributed by atoms with E-state index in [0.29, 0.717) is 37.0 Å². The normalized spacial score (nSPS) is 15.0. The molecule has 90 valence electrons. The average Bonchev–Trinajstić information content (AvgIpc) is 2.50. The van der Waals surface area contributed by atoms with Gasteiger partial charge in [0.15, 0.2) is 0 Å². The highest BCUT2D eigenvalue weighted by Gasteiger charge is 2.24. The molecule has 1 aliphatic carbocycles. The van der Waals surface area contributed by atoms with Gasteiger partial charge in [-0.2, -0.15) is 0 Å². The van der Waals surface area contributed by atoms with E-state index in [1.807, 2.05) is 0 Å². The highest BCUT2D eigenvalue weighted by Crippen LogP contribution is 2.34. The first-order valence-corrected chi connectivity index (χ1v) is 5.48. The standard InChI is InChI=1S/C12H13NO4/c1-17-12-7-6-11(13(15)16)9-4-2-8(14)3-5-10(9)12/h6-7H,2-5H2,1H3. The molecule has 17 heavy (non-hydrogen) atoms. The second-order valence-electron chi connectivity index (χ2n) is 4.04. The van der Waals surface area contributed by atoms with Crippen molar-refractivity contribution in [2.75, 3.05) is 7.11 Å². The van der Waals surface area contributed by atoms with Gasteiger partial charge in [0, 0.05) is 30.0 Å². The predicted octanol–water partition coefficient (Wildman–Crippen LogP) is 2.05. The number of benzene rings is 1. The highest BCUT2D eigenvalue weighted by atomic mass is 16.6. The van der Waals surface area contributed by atoms with Gasteiger partial charge in [0.05, 0.1) is 12.0 Å². The van der Waals surface area contributed by atoms with Crippen molar-refractivity contribution in [2.45, 2.75) is 25.7 Å². The Balaban J connectivity index is 2.56. The van der Waals surface area contributed by atoms with Crippen LogP contribution in [0.5, 0.6) is 5.75 Å². The molecule has 0 N–H and O–H groups in total. The Morgan fingerprint density at radius 2 is 1.82 bits per heavy atom. The predicted molar refractivity (Wildman–Crippen MR) is 61.3 cm³/mol. The number of nitro benzene ring substituents is 1. The third kappa shape index (κ3) is 2.13. The van der Waals surface area contributed by atoms with Gasteiger partial charge in [0.2, 0.25) is 0 Å². The molecule has 0 amide bonds. The fraction of sp³-hybridized carbons (Fsp3) is 0.417. The summed E-state index contributed by atoms with van der Waals surface area (Å²) in [5.74, 6) is 0.790. The van der Waals surface area contributed by atoms with Crippen LogP contribution in [0.1, 0.15) is 24.0 Å². The summed E-state index contributed by atoms with van der Waals surface area (Å²) in [5.41, 5.74) is 1.56. The molecule has 0 atom stereocenters. The molecule has 0 saturated carbocycles. The number of ketones is 1. The van der Waals surface area contributed by atoms with E-state index in [1.165, 1.54) is 13.2 Å². The zero-order valence-corrected chi connectivity index (χ0v) is 9.56. The van der Waals surface area contributed by atoms with Crippen LogP contribution in [0.15, 0.2) is 12.1 Å². The first-order chi connectivity index (χ1) is 8.13. The molecule has 0 aliphatic heterocycles. The van der Waals surface area contributed by atoms with E-state index in [9.17, 15) is 14.9 Å². The number of rotatable bonds is 2. The van der Waals surface area contributed by atoms with Crippen LogP contribution in [0.3, 0.4) is 0 Å². The number of carbonyl (C=O) groups excluding carboxylic acids is 1. The van der Waals surface area contributed by atoms with Gasteiger partial charge in [-0.3, -0.25) is 14.9 Å². The van der Waals surface area contributed by atoms with Gasteiger partial charge < -0.3 is 4.74 Å². The minimum atomic E-state index is -0.395. The Kier molecular flexibility index (Phi) is 3.08. The number of nitrogens with zero attached hydrogens (tertiary/aromatic N) is 1. The molecule has 0 spiro atoms. The number of ether oxygens (including phenoxy) is 1. The number of carbonyl (C=O) groups is 1. The van der Waals surface area contributed by atoms with E-state index >= 15 is 0 Å². The largest absolute Gasteiger partial charge is 0.496 e. The maximum Gasteiger partial charge on any atom is 0.273 e. The molecule has 1 aromatic rings. The number of Topliss-reactive ketones (excluding diaryl/α,β-unsaturated/α-hetero) is 1. The van der Waals surface area contributed by atoms with Crippen LogP contribution in [0.2, 0.25) is 0 Å². The zero-order chi connectivity index (χ0) is 12.4. The van der Waals surface area contributed by atoms with Gasteiger partial charge in [0.25, 0.3) is 5.69 Å². The molecular weight excluding hydrogens is 222 g/mol. The van der Waals surface area contributed by atoms with Crippen LogP contribution >= 0.6 is 0 Å². The van der Waals surface area contributed by atoms with Crippen molar-refractivity contribution in [3.05, 3.63) is 33.4 Å². The van der Waals surface area contributed by atoms with E-state index in [0.717, 1.165) is 5.56 Å². The van der Waals surface area contributed by atoms with Gasteiger partial charge in [-0.15, -0.1) is 0 Å². The molecule has 2 rings (SSSR count). The second-order valence-corrected chi connectivity index (χ2v) is 4.04. The number of hydrogen-bond donors (Lipinski definition) is 0. The Labute approximate surface area is 98.5 Å². The molecular formula is C12H13NO4. The summed E-state index contributed by atoms with van der Waals surface area (Å²) >= 11 is 0. The topological polar surface area (TPSA) is 69.4 Å². The van der Waals surface area contributed by atoms with Crippen molar-refractivity contribution in [2.24, 2.45) is 0 Å². The van der Waals surface area contributed by atoms with Crippen molar-refractivity contribution < 1.29 is 14.5 Å². The summed E-state index contributed by atoms with van der Waals surface area (Å²) in [5, 5.41) is 10.9. The molecule has 0 radical (unpaired) electrons. The summed E-state index contributed by atoms with van der Waals surface area (Å²) in [4.78, 5) is 22.0. The lowest BCUT2D eigenvalue weighted by atomic mass is 10.00. The van der Waals surface area contributed by atoms with E-state index in [4.69, 9.17) is 4.74 Å². The summed E-state index contributed by atoms with van der Waals surface area (Å²) in [7, 11) is 1.54. The molecule has 0 saturated heterocycles. The lowest BCUT2D eigenvalue weighted by Crippen LogP contribution is -2.01. The molecule has 1 aromatic carbocycles. The fourth-order valence-corrected chi connectivity index (χ4v) is 2.23. The molecule has 5 nitrogen and oxygen atoms in total. The number of methoxy groups -OCH3 is 1. The first-order valence-electron chi connectivity index (χ1n) is 5.48. The van der Waals surface area contributed by atoms with E-state index in [-0.39, 0.29) is 11.5 Å². The smallest absolute Gasteiger partial charge is 0.273 e. The molecule has 1 aliphatic rings. The van der Waals surface area contributed by atoms with Crippen molar-refractivity contribution >= 4 is 11.5 Å². The molecule has 5 heteroatoms. The number of nitro groups is 1. The van der Waals surface area contributed by atoms with Crippen LogP contribution in [-0.4, -0.2) is 17.8 Å². The molecule has 0 aromatic heterocycles. The lowest BCUT2D eigenvalue weighted by Gasteiger charge is -2.11. The fourth-order valence-electron chi connectivity index (χ4n) is 2.23. The summed E-state index contributed by atoms with van der Waals surface area (Å²) in [6, 6.07) is 3.06. The Hall–Kier alpha value is -1.91. The molecule has 0 fully saturated rings. The third-order valence-electron chi connectivity index (χ3n) is 3.09. The SMILES string of the molecule is COc1ccc([N+](=O)[O-])c2c1CCC(=O)CC2. The van der Waals surface area contributed by atoms with Gasteiger partial charge in [-0.05, 0) is 18.9 Å². The minimum absolute atomic E-state index is 0.0931. The number of hydrogen-bond acceptors (Lipinski definition) is 4. The monoisotopic (exact) mass is 235 g/mol. The summed E-state index contributed by atoms with van der Waals surface area (Å²) < 4.78 is 5.20. The van der Waals surface area contributed by atoms with Crippen LogP contribution in [0, 0.1) is 10.1 Å². The van der Waals surface area contributed by atoms with Gasteiger partial charge in [0.1, 0.15) is 11.5 Å². The maximum atomic E-state index is 11.4. The van der Waals surface area contributed by atoms with Gasteiger partial charge in [-0.1, -0.05) is 0 Å². The van der Waals surface area contributed by atoms with Gasteiger partial charge >= 0.3 is 0 Å². The van der Waals surface area contributed by atoms with Crippen molar-refractivity contribution in [3.8, 4) is 5.75 Å². The van der Waals surface area contributed by atoms with E-state index in [1.54, 1.807) is 6.07 Å². The van der Waals surface area contributed by atoms with Crippen molar-refractivity contribution in [1.82, 2.24) is 0 Å². The quantitative estimate of drug-likeness (QED) is 0.447. The highest BCUT2D eigenvalue weighted by molar-refractivity contribution is 5.80. The molecule has 0 bridgehead atoms. The third-order valence-corrected chi connectivity index (χ3v) is 3.09. The van der Waals surface area contributed by atoms with Crippen LogP contribution in [0.25, 0.3) is 0 Å². The summed E-state index contributed by atoms with van der Waals surface area (Å²) in [6.07, 6.45) is 1.77. The van der Waals surface area contributed by atoms with Crippen LogP contribution < -0.4 is 4.74 Å². The van der Waals surface area contributed by atoms with E-state index < -0.39 is 4.92 Å². The van der Waals surface area contributed by atoms with E-state index in [2.05, 4.69) is 0 Å². The Morgan fingerprint density at radius 1 is 1.18 bits per heavy atom. The second kappa shape index (κ2) is 4.53. The van der Waals surface area contributed by atoms with Crippen molar-refractivity contribution in [1.29, 1.82) is 0 Å². The average molecular weight is 235 g/mol. The van der Waals surface area contributed by atoms with Crippen molar-refractivity contribution in [3.63, 3.8) is 0 Å². The lowest BCUT2D eigenvalue weighted by molar-refractivity contribution is -0.385. The van der Waals surface area contributed by atoms with Gasteiger partial charge in [-0.25, -0.2) is 0 Å². The number of fused-ring (bicyclic) bond motifs is 1. The Bertz CT molecular complexity index is 482. The molecule has 0 unspecified atom stereocenters. The maximum absolute atomic E-state index is 11.4. The zero-order valence-electron chi connectivity index (χ0n) is 9.56. The first kappa shape index (κ1) is 11.6. The van der Waals surface area contributed by atoms with Crippen LogP contribution in [0.4, 0.5) is 5.69 Å². The Morgan fingerprint density at radius 3 is 2.41 bits per heavy atom. The van der Waals surface area contributed by atoms with Crippen LogP contribution in [-0.2, 0) is 17.6 Å². The molecule has 0 heterocycles.